The first kappa shape index (κ1) is 17.2. The van der Waals surface area contributed by atoms with Crippen molar-refractivity contribution in [2.45, 2.75) is 17.8 Å². The molecule has 4 rings (SSSR count). The largest absolute Gasteiger partial charge is 0.380 e. The molecule has 0 unspecified atom stereocenters. The predicted molar refractivity (Wildman–Crippen MR) is 70.8 cm³/mol. The van der Waals surface area contributed by atoms with Crippen molar-refractivity contribution < 1.29 is 46.4 Å². The molecule has 1 radical (unpaired) electrons. The zero-order valence-electron chi connectivity index (χ0n) is 11.5. The normalized spacial score (nSPS) is 19.9. The molecule has 1 aliphatic rings. The van der Waals surface area contributed by atoms with Gasteiger partial charge in [0.25, 0.3) is 0 Å². The van der Waals surface area contributed by atoms with Gasteiger partial charge in [-0.25, -0.2) is 0 Å². The summed E-state index contributed by atoms with van der Waals surface area (Å²) in [7, 11) is 0. The van der Waals surface area contributed by atoms with Crippen LogP contribution in [-0.2, 0) is 32.0 Å². The van der Waals surface area contributed by atoms with Gasteiger partial charge in [0, 0.05) is 31.9 Å². The number of nitrogens with zero attached hydrogens (tertiary/aromatic N) is 1. The summed E-state index contributed by atoms with van der Waals surface area (Å²) in [5.41, 5.74) is -2.86. The molecule has 0 N–H and O–H groups in total. The number of hydrogen-bond acceptors (Lipinski definition) is 1. The molecule has 0 amide bonds. The molecule has 1 aromatic heterocycles. The van der Waals surface area contributed by atoms with E-state index in [1.807, 2.05) is 0 Å². The molecular formula is C16H6F6IrN-. The third kappa shape index (κ3) is 1.78. The fourth-order valence-corrected chi connectivity index (χ4v) is 2.95. The van der Waals surface area contributed by atoms with E-state index in [2.05, 4.69) is 11.1 Å². The molecule has 0 bridgehead atoms. The number of aromatic nitrogens is 1. The van der Waals surface area contributed by atoms with Gasteiger partial charge in [0.2, 0.25) is 0 Å². The summed E-state index contributed by atoms with van der Waals surface area (Å²) in [6.07, 6.45) is 0.409. The average Bonchev–Trinajstić information content (AvgIpc) is 2.62. The van der Waals surface area contributed by atoms with Gasteiger partial charge in [0.1, 0.15) is 0 Å². The van der Waals surface area contributed by atoms with Gasteiger partial charge in [0.05, 0.1) is 5.56 Å². The maximum Gasteiger partial charge on any atom is 0.380 e. The Labute approximate surface area is 145 Å². The SMILES string of the molecule is FC1(F)c2cnc3c(ccc4ccc[c-]c43)c2C(F)(F)C1(F)F.[Ir]. The Balaban J connectivity index is 0.00000169. The summed E-state index contributed by atoms with van der Waals surface area (Å²) >= 11 is 0. The van der Waals surface area contributed by atoms with Crippen LogP contribution in [0.25, 0.3) is 21.7 Å². The molecule has 3 aromatic rings. The molecular weight excluding hydrogens is 512 g/mol. The van der Waals surface area contributed by atoms with Gasteiger partial charge in [-0.1, -0.05) is 12.1 Å². The number of halogens is 6. The van der Waals surface area contributed by atoms with E-state index in [4.69, 9.17) is 0 Å². The second-order valence-corrected chi connectivity index (χ2v) is 5.37. The molecule has 0 spiro atoms. The molecule has 0 aliphatic heterocycles. The first-order valence-electron chi connectivity index (χ1n) is 6.56. The second kappa shape index (κ2) is 4.92. The van der Waals surface area contributed by atoms with Crippen LogP contribution >= 0.6 is 0 Å². The van der Waals surface area contributed by atoms with Gasteiger partial charge < -0.3 is 4.98 Å². The fraction of sp³-hybridized carbons (Fsp3) is 0.188. The molecule has 8 heteroatoms. The molecule has 0 fully saturated rings. The van der Waals surface area contributed by atoms with Crippen LogP contribution in [0, 0.1) is 6.07 Å². The van der Waals surface area contributed by atoms with Crippen molar-refractivity contribution in [1.82, 2.24) is 4.98 Å². The van der Waals surface area contributed by atoms with Crippen molar-refractivity contribution in [3.8, 4) is 0 Å². The minimum Gasteiger partial charge on any atom is -0.304 e. The third-order valence-electron chi connectivity index (χ3n) is 4.11. The molecule has 0 atom stereocenters. The van der Waals surface area contributed by atoms with Gasteiger partial charge in [-0.3, -0.25) is 0 Å². The Morgan fingerprint density at radius 2 is 1.62 bits per heavy atom. The molecule has 127 valence electrons. The smallest absolute Gasteiger partial charge is 0.304 e. The number of fused-ring (bicyclic) bond motifs is 5. The summed E-state index contributed by atoms with van der Waals surface area (Å²) in [6.45, 7) is 0. The minimum absolute atomic E-state index is 0. The van der Waals surface area contributed by atoms with E-state index in [-0.39, 0.29) is 25.6 Å². The van der Waals surface area contributed by atoms with Crippen molar-refractivity contribution in [3.05, 3.63) is 53.7 Å². The van der Waals surface area contributed by atoms with Crippen molar-refractivity contribution in [2.75, 3.05) is 0 Å². The number of alkyl halides is 6. The summed E-state index contributed by atoms with van der Waals surface area (Å²) in [4.78, 5) is 3.73. The van der Waals surface area contributed by atoms with E-state index in [0.29, 0.717) is 17.0 Å². The van der Waals surface area contributed by atoms with E-state index in [1.165, 1.54) is 12.1 Å². The monoisotopic (exact) mass is 519 g/mol. The van der Waals surface area contributed by atoms with Gasteiger partial charge in [-0.05, 0) is 10.9 Å². The van der Waals surface area contributed by atoms with Crippen LogP contribution < -0.4 is 0 Å². The van der Waals surface area contributed by atoms with E-state index >= 15 is 0 Å². The zero-order valence-corrected chi connectivity index (χ0v) is 13.9. The Hall–Kier alpha value is -1.66. The van der Waals surface area contributed by atoms with Crippen LogP contribution in [0.4, 0.5) is 26.3 Å². The van der Waals surface area contributed by atoms with E-state index in [1.54, 1.807) is 12.1 Å². The quantitative estimate of drug-likeness (QED) is 0.232. The maximum absolute atomic E-state index is 14.1. The van der Waals surface area contributed by atoms with Crippen molar-refractivity contribution in [2.24, 2.45) is 0 Å². The molecule has 24 heavy (non-hydrogen) atoms. The first-order chi connectivity index (χ1) is 10.7. The molecule has 0 saturated carbocycles. The van der Waals surface area contributed by atoms with Crippen molar-refractivity contribution in [3.63, 3.8) is 0 Å². The minimum atomic E-state index is -5.51. The summed E-state index contributed by atoms with van der Waals surface area (Å²) < 4.78 is 82.9. The fourth-order valence-electron chi connectivity index (χ4n) is 2.95. The van der Waals surface area contributed by atoms with E-state index in [0.717, 1.165) is 6.07 Å². The Bertz CT molecular complexity index is 969. The topological polar surface area (TPSA) is 12.9 Å². The molecule has 1 nitrogen and oxygen atoms in total. The van der Waals surface area contributed by atoms with Crippen molar-refractivity contribution in [1.29, 1.82) is 0 Å². The number of rotatable bonds is 0. The molecule has 1 aliphatic carbocycles. The van der Waals surface area contributed by atoms with E-state index < -0.39 is 34.3 Å². The van der Waals surface area contributed by atoms with Crippen LogP contribution in [0.5, 0.6) is 0 Å². The molecule has 0 saturated heterocycles. The third-order valence-corrected chi connectivity index (χ3v) is 4.11. The molecule has 1 heterocycles. The first-order valence-corrected chi connectivity index (χ1v) is 6.56. The average molecular weight is 518 g/mol. The zero-order chi connectivity index (χ0) is 16.6. The predicted octanol–water partition coefficient (Wildman–Crippen LogP) is 5.02. The van der Waals surface area contributed by atoms with Crippen molar-refractivity contribution >= 4 is 21.7 Å². The van der Waals surface area contributed by atoms with Crippen LogP contribution in [0.1, 0.15) is 11.1 Å². The van der Waals surface area contributed by atoms with Crippen LogP contribution in [0.15, 0.2) is 36.5 Å². The standard InChI is InChI=1S/C16H6F6N.Ir/c17-14(18)11-7-23-13-9-4-2-1-3-8(9)5-6-10(13)12(11)15(19,20)16(14,21)22;/h1-3,5-7H;/q-1;. The van der Waals surface area contributed by atoms with E-state index in [9.17, 15) is 26.3 Å². The number of benzene rings is 2. The number of pyridine rings is 1. The second-order valence-electron chi connectivity index (χ2n) is 5.37. The number of hydrogen-bond donors (Lipinski definition) is 0. The van der Waals surface area contributed by atoms with Crippen LogP contribution in [0.2, 0.25) is 0 Å². The Kier molecular flexibility index (Phi) is 3.52. The van der Waals surface area contributed by atoms with Crippen LogP contribution in [-0.4, -0.2) is 10.9 Å². The van der Waals surface area contributed by atoms with Gasteiger partial charge >= 0.3 is 17.8 Å². The molecule has 2 aromatic carbocycles. The summed E-state index contributed by atoms with van der Waals surface area (Å²) in [5, 5.41) is 0.480. The Morgan fingerprint density at radius 3 is 2.33 bits per heavy atom. The summed E-state index contributed by atoms with van der Waals surface area (Å²) in [5.74, 6) is -15.5. The van der Waals surface area contributed by atoms with Crippen LogP contribution in [0.3, 0.4) is 0 Å². The Morgan fingerprint density at radius 1 is 0.917 bits per heavy atom. The van der Waals surface area contributed by atoms with Gasteiger partial charge in [0.15, 0.2) is 0 Å². The van der Waals surface area contributed by atoms with Gasteiger partial charge in [-0.15, -0.1) is 35.0 Å². The maximum atomic E-state index is 14.1. The summed E-state index contributed by atoms with van der Waals surface area (Å²) in [6, 6.07) is 10.1. The van der Waals surface area contributed by atoms with Gasteiger partial charge in [-0.2, -0.15) is 26.3 Å².